The molecule has 1 aromatic rings. The zero-order valence-corrected chi connectivity index (χ0v) is 16.8. The largest absolute Gasteiger partial charge is 0.492 e. The summed E-state index contributed by atoms with van der Waals surface area (Å²) in [4.78, 5) is 18.2. The van der Waals surface area contributed by atoms with Crippen molar-refractivity contribution in [2.75, 3.05) is 31.6 Å². The number of carbonyl (C=O) groups is 1. The van der Waals surface area contributed by atoms with Crippen LogP contribution in [-0.4, -0.2) is 48.5 Å². The molecule has 0 aliphatic carbocycles. The van der Waals surface area contributed by atoms with Gasteiger partial charge in [-0.05, 0) is 32.9 Å². The van der Waals surface area contributed by atoms with Crippen molar-refractivity contribution in [1.29, 1.82) is 0 Å². The standard InChI is InChI=1S/C20H32N4O2/c1-7-21-18(24-14-19(3,4)20(24,5)6)22-11-12-26-17-10-8-9-16(13-17)23-15(2)25/h8-10,13H,7,11-12,14H2,1-6H3,(H,21,22)(H,23,25). The highest BCUT2D eigenvalue weighted by Gasteiger charge is 2.53. The lowest BCUT2D eigenvalue weighted by Gasteiger charge is -2.62. The van der Waals surface area contributed by atoms with Crippen molar-refractivity contribution >= 4 is 17.6 Å². The first-order valence-corrected chi connectivity index (χ1v) is 9.24. The number of carbonyl (C=O) groups excluding carboxylic acids is 1. The van der Waals surface area contributed by atoms with Crippen molar-refractivity contribution in [1.82, 2.24) is 10.2 Å². The van der Waals surface area contributed by atoms with Gasteiger partial charge < -0.3 is 20.3 Å². The van der Waals surface area contributed by atoms with Crippen LogP contribution < -0.4 is 15.4 Å². The van der Waals surface area contributed by atoms with Crippen LogP contribution in [0.25, 0.3) is 0 Å². The molecule has 26 heavy (non-hydrogen) atoms. The summed E-state index contributed by atoms with van der Waals surface area (Å²) in [6, 6.07) is 7.39. The minimum atomic E-state index is -0.0953. The average molecular weight is 361 g/mol. The van der Waals surface area contributed by atoms with Gasteiger partial charge >= 0.3 is 0 Å². The van der Waals surface area contributed by atoms with E-state index in [4.69, 9.17) is 9.73 Å². The van der Waals surface area contributed by atoms with Crippen LogP contribution in [0.5, 0.6) is 5.75 Å². The van der Waals surface area contributed by atoms with E-state index in [2.05, 4.69) is 50.2 Å². The van der Waals surface area contributed by atoms with Crippen LogP contribution in [0.3, 0.4) is 0 Å². The van der Waals surface area contributed by atoms with Crippen LogP contribution in [0, 0.1) is 5.41 Å². The molecule has 1 aliphatic rings. The number of hydrogen-bond donors (Lipinski definition) is 2. The molecule has 0 spiro atoms. The normalized spacial score (nSPS) is 18.1. The Hall–Kier alpha value is -2.24. The van der Waals surface area contributed by atoms with E-state index in [9.17, 15) is 4.79 Å². The molecule has 0 bridgehead atoms. The smallest absolute Gasteiger partial charge is 0.221 e. The van der Waals surface area contributed by atoms with Gasteiger partial charge in [-0.15, -0.1) is 0 Å². The molecule has 1 aromatic carbocycles. The van der Waals surface area contributed by atoms with Crippen LogP contribution in [-0.2, 0) is 4.79 Å². The molecule has 6 nitrogen and oxygen atoms in total. The number of ether oxygens (including phenoxy) is 1. The summed E-state index contributed by atoms with van der Waals surface area (Å²) in [5.41, 5.74) is 1.07. The summed E-state index contributed by atoms with van der Waals surface area (Å²) in [7, 11) is 0. The Morgan fingerprint density at radius 2 is 2.04 bits per heavy atom. The Morgan fingerprint density at radius 1 is 1.31 bits per heavy atom. The van der Waals surface area contributed by atoms with Gasteiger partial charge in [-0.3, -0.25) is 4.79 Å². The van der Waals surface area contributed by atoms with Gasteiger partial charge in [-0.2, -0.15) is 0 Å². The number of aliphatic imine (C=N–C) groups is 1. The predicted octanol–water partition coefficient (Wildman–Crippen LogP) is 3.11. The summed E-state index contributed by atoms with van der Waals surface area (Å²) < 4.78 is 5.78. The summed E-state index contributed by atoms with van der Waals surface area (Å²) in [5, 5.41) is 6.13. The Balaban J connectivity index is 1.92. The van der Waals surface area contributed by atoms with Gasteiger partial charge in [-0.25, -0.2) is 4.99 Å². The number of likely N-dealkylation sites (tertiary alicyclic amines) is 1. The van der Waals surface area contributed by atoms with E-state index in [1.807, 2.05) is 24.3 Å². The topological polar surface area (TPSA) is 66.0 Å². The van der Waals surface area contributed by atoms with E-state index in [1.54, 1.807) is 0 Å². The number of anilines is 1. The van der Waals surface area contributed by atoms with Gasteiger partial charge in [0.05, 0.1) is 6.54 Å². The number of nitrogens with one attached hydrogen (secondary N) is 2. The highest BCUT2D eigenvalue weighted by molar-refractivity contribution is 5.88. The molecule has 0 saturated carbocycles. The van der Waals surface area contributed by atoms with Gasteiger partial charge in [-0.1, -0.05) is 19.9 Å². The first-order chi connectivity index (χ1) is 12.2. The molecule has 1 aliphatic heterocycles. The fourth-order valence-corrected chi connectivity index (χ4v) is 2.98. The Morgan fingerprint density at radius 3 is 2.62 bits per heavy atom. The maximum atomic E-state index is 11.1. The molecule has 1 heterocycles. The fraction of sp³-hybridized carbons (Fsp3) is 0.600. The molecule has 144 valence electrons. The van der Waals surface area contributed by atoms with E-state index >= 15 is 0 Å². The monoisotopic (exact) mass is 360 g/mol. The number of rotatable bonds is 6. The zero-order valence-electron chi connectivity index (χ0n) is 16.8. The fourth-order valence-electron chi connectivity index (χ4n) is 2.98. The maximum Gasteiger partial charge on any atom is 0.221 e. The Kier molecular flexibility index (Phi) is 6.16. The highest BCUT2D eigenvalue weighted by Crippen LogP contribution is 2.46. The summed E-state index contributed by atoms with van der Waals surface area (Å²) in [5.74, 6) is 1.57. The average Bonchev–Trinajstić information content (AvgIpc) is 2.55. The SMILES string of the molecule is CCNC(=NCCOc1cccc(NC(C)=O)c1)N1CC(C)(C)C1(C)C. The number of hydrogen-bond acceptors (Lipinski definition) is 3. The van der Waals surface area contributed by atoms with Crippen LogP contribution in [0.2, 0.25) is 0 Å². The predicted molar refractivity (Wildman–Crippen MR) is 107 cm³/mol. The number of amides is 1. The van der Waals surface area contributed by atoms with Crippen LogP contribution >= 0.6 is 0 Å². The van der Waals surface area contributed by atoms with Crippen LogP contribution in [0.15, 0.2) is 29.3 Å². The lowest BCUT2D eigenvalue weighted by molar-refractivity contribution is -0.114. The van der Waals surface area contributed by atoms with Gasteiger partial charge in [0.25, 0.3) is 0 Å². The molecule has 6 heteroatoms. The third-order valence-corrected chi connectivity index (χ3v) is 5.25. The Bertz CT molecular complexity index is 668. The second kappa shape index (κ2) is 7.98. The molecule has 1 saturated heterocycles. The van der Waals surface area contributed by atoms with Crippen molar-refractivity contribution in [2.24, 2.45) is 10.4 Å². The molecule has 0 aromatic heterocycles. The van der Waals surface area contributed by atoms with E-state index in [0.717, 1.165) is 30.5 Å². The lowest BCUT2D eigenvalue weighted by Crippen LogP contribution is -2.72. The lowest BCUT2D eigenvalue weighted by atomic mass is 9.65. The second-order valence-corrected chi connectivity index (χ2v) is 7.82. The molecule has 1 amide bonds. The van der Waals surface area contributed by atoms with Crippen molar-refractivity contribution in [3.8, 4) is 5.75 Å². The third kappa shape index (κ3) is 4.48. The summed E-state index contributed by atoms with van der Waals surface area (Å²) in [6.07, 6.45) is 0. The van der Waals surface area contributed by atoms with Crippen LogP contribution in [0.4, 0.5) is 5.69 Å². The van der Waals surface area contributed by atoms with E-state index < -0.39 is 0 Å². The quantitative estimate of drug-likeness (QED) is 0.465. The van der Waals surface area contributed by atoms with E-state index in [-0.39, 0.29) is 16.9 Å². The number of benzene rings is 1. The highest BCUT2D eigenvalue weighted by atomic mass is 16.5. The molecule has 0 radical (unpaired) electrons. The maximum absolute atomic E-state index is 11.1. The van der Waals surface area contributed by atoms with Crippen molar-refractivity contribution < 1.29 is 9.53 Å². The summed E-state index contributed by atoms with van der Waals surface area (Å²) in [6.45, 7) is 15.5. The summed E-state index contributed by atoms with van der Waals surface area (Å²) >= 11 is 0. The first kappa shape index (κ1) is 20.1. The molecular formula is C20H32N4O2. The minimum Gasteiger partial charge on any atom is -0.492 e. The first-order valence-electron chi connectivity index (χ1n) is 9.24. The minimum absolute atomic E-state index is 0.0710. The Labute approximate surface area is 157 Å². The van der Waals surface area contributed by atoms with Crippen molar-refractivity contribution in [3.05, 3.63) is 24.3 Å². The van der Waals surface area contributed by atoms with E-state index in [1.165, 1.54) is 6.92 Å². The van der Waals surface area contributed by atoms with Crippen molar-refractivity contribution in [2.45, 2.75) is 47.1 Å². The van der Waals surface area contributed by atoms with Crippen molar-refractivity contribution in [3.63, 3.8) is 0 Å². The zero-order chi connectivity index (χ0) is 19.4. The molecule has 2 N–H and O–H groups in total. The molecular weight excluding hydrogens is 328 g/mol. The number of guanidine groups is 1. The van der Waals surface area contributed by atoms with Gasteiger partial charge in [0, 0.05) is 42.7 Å². The molecule has 0 atom stereocenters. The molecule has 1 fully saturated rings. The van der Waals surface area contributed by atoms with Crippen LogP contribution in [0.1, 0.15) is 41.5 Å². The molecule has 2 rings (SSSR count). The van der Waals surface area contributed by atoms with Gasteiger partial charge in [0.2, 0.25) is 5.91 Å². The third-order valence-electron chi connectivity index (χ3n) is 5.25. The van der Waals surface area contributed by atoms with E-state index in [0.29, 0.717) is 13.2 Å². The van der Waals surface area contributed by atoms with Gasteiger partial charge in [0.15, 0.2) is 5.96 Å². The molecule has 0 unspecified atom stereocenters. The second-order valence-electron chi connectivity index (χ2n) is 7.82. The van der Waals surface area contributed by atoms with Gasteiger partial charge in [0.1, 0.15) is 12.4 Å². The number of nitrogens with zero attached hydrogens (tertiary/aromatic N) is 2.